The van der Waals surface area contributed by atoms with E-state index in [1.165, 1.54) is 25.7 Å². The van der Waals surface area contributed by atoms with Crippen molar-refractivity contribution >= 4 is 29.9 Å². The summed E-state index contributed by atoms with van der Waals surface area (Å²) in [5, 5.41) is 3.62. The number of hydrogen-bond acceptors (Lipinski definition) is 3. The fraction of sp³-hybridized carbons (Fsp3) is 0.944. The van der Waals surface area contributed by atoms with Gasteiger partial charge in [-0.3, -0.25) is 9.89 Å². The van der Waals surface area contributed by atoms with Crippen molar-refractivity contribution in [2.75, 3.05) is 53.5 Å². The van der Waals surface area contributed by atoms with Gasteiger partial charge in [-0.1, -0.05) is 40.0 Å². The van der Waals surface area contributed by atoms with Gasteiger partial charge < -0.3 is 15.0 Å². The van der Waals surface area contributed by atoms with Gasteiger partial charge in [-0.05, 0) is 12.3 Å². The zero-order valence-electron chi connectivity index (χ0n) is 16.4. The molecule has 1 aliphatic rings. The first-order chi connectivity index (χ1) is 11.2. The van der Waals surface area contributed by atoms with Crippen molar-refractivity contribution in [2.45, 2.75) is 52.5 Å². The number of ether oxygens (including phenoxy) is 1. The average molecular weight is 454 g/mol. The first-order valence-electron chi connectivity index (χ1n) is 9.41. The van der Waals surface area contributed by atoms with Crippen LogP contribution in [0.4, 0.5) is 0 Å². The van der Waals surface area contributed by atoms with Crippen LogP contribution in [0.25, 0.3) is 0 Å². The lowest BCUT2D eigenvalue weighted by molar-refractivity contribution is 0.00261. The predicted octanol–water partition coefficient (Wildman–Crippen LogP) is 3.05. The fourth-order valence-electron chi connectivity index (χ4n) is 3.42. The van der Waals surface area contributed by atoms with Gasteiger partial charge in [0.2, 0.25) is 0 Å². The van der Waals surface area contributed by atoms with Crippen molar-refractivity contribution in [3.8, 4) is 0 Å². The zero-order valence-corrected chi connectivity index (χ0v) is 18.7. The Bertz CT molecular complexity index is 331. The smallest absolute Gasteiger partial charge is 0.193 e. The summed E-state index contributed by atoms with van der Waals surface area (Å²) in [6.45, 7) is 12.7. The standard InChI is InChI=1S/C18H38N4O.HI/c1-6-9-10-21(5)18(19-4)20-15-17(16(7-2)8-3)22-11-13-23-14-12-22;/h16-17H,6-15H2,1-5H3,(H,19,20);1H. The molecule has 144 valence electrons. The molecule has 0 aromatic carbocycles. The Balaban J connectivity index is 0.00000529. The summed E-state index contributed by atoms with van der Waals surface area (Å²) in [5.74, 6) is 1.74. The molecule has 0 radical (unpaired) electrons. The van der Waals surface area contributed by atoms with E-state index in [2.05, 4.69) is 47.9 Å². The second-order valence-electron chi connectivity index (χ2n) is 6.50. The number of nitrogens with one attached hydrogen (secondary N) is 1. The molecule has 1 heterocycles. The third-order valence-electron chi connectivity index (χ3n) is 5.00. The summed E-state index contributed by atoms with van der Waals surface area (Å²) in [7, 11) is 4.01. The number of morpholine rings is 1. The number of rotatable bonds is 9. The van der Waals surface area contributed by atoms with E-state index in [0.717, 1.165) is 51.3 Å². The van der Waals surface area contributed by atoms with Gasteiger partial charge in [0.1, 0.15) is 0 Å². The largest absolute Gasteiger partial charge is 0.379 e. The van der Waals surface area contributed by atoms with Crippen molar-refractivity contribution in [1.82, 2.24) is 15.1 Å². The minimum absolute atomic E-state index is 0. The van der Waals surface area contributed by atoms with Gasteiger partial charge in [-0.15, -0.1) is 24.0 Å². The highest BCUT2D eigenvalue weighted by atomic mass is 127. The van der Waals surface area contributed by atoms with Crippen LogP contribution in [0.2, 0.25) is 0 Å². The molecular formula is C18H39IN4O. The summed E-state index contributed by atoms with van der Waals surface area (Å²) in [6.07, 6.45) is 4.87. The highest BCUT2D eigenvalue weighted by Crippen LogP contribution is 2.19. The van der Waals surface area contributed by atoms with E-state index in [1.54, 1.807) is 0 Å². The van der Waals surface area contributed by atoms with Gasteiger partial charge in [-0.25, -0.2) is 0 Å². The van der Waals surface area contributed by atoms with E-state index in [-0.39, 0.29) is 24.0 Å². The Hall–Kier alpha value is -0.0800. The lowest BCUT2D eigenvalue weighted by Gasteiger charge is -2.39. The SMILES string of the molecule is CCCCN(C)C(=NC)NCC(C(CC)CC)N1CCOCC1.I. The van der Waals surface area contributed by atoms with E-state index in [1.807, 2.05) is 7.05 Å². The average Bonchev–Trinajstić information content (AvgIpc) is 2.60. The molecule has 0 aromatic heterocycles. The molecule has 0 saturated carbocycles. The van der Waals surface area contributed by atoms with Crippen LogP contribution >= 0.6 is 24.0 Å². The number of aliphatic imine (C=N–C) groups is 1. The number of hydrogen-bond donors (Lipinski definition) is 1. The van der Waals surface area contributed by atoms with Crippen LogP contribution in [-0.4, -0.2) is 75.3 Å². The first kappa shape index (κ1) is 23.9. The Morgan fingerprint density at radius 1 is 1.21 bits per heavy atom. The molecule has 1 N–H and O–H groups in total. The van der Waals surface area contributed by atoms with Crippen LogP contribution in [0, 0.1) is 5.92 Å². The van der Waals surface area contributed by atoms with E-state index >= 15 is 0 Å². The van der Waals surface area contributed by atoms with E-state index in [9.17, 15) is 0 Å². The van der Waals surface area contributed by atoms with Gasteiger partial charge in [0, 0.05) is 46.3 Å². The second kappa shape index (κ2) is 14.1. The molecule has 1 rings (SSSR count). The molecule has 0 aliphatic carbocycles. The molecule has 1 atom stereocenters. The monoisotopic (exact) mass is 454 g/mol. The van der Waals surface area contributed by atoms with Crippen molar-refractivity contribution in [2.24, 2.45) is 10.9 Å². The van der Waals surface area contributed by atoms with Crippen LogP contribution in [-0.2, 0) is 4.74 Å². The van der Waals surface area contributed by atoms with Crippen LogP contribution in [0.5, 0.6) is 0 Å². The molecule has 6 heteroatoms. The Kier molecular flexibility index (Phi) is 14.1. The number of unbranched alkanes of at least 4 members (excludes halogenated alkanes) is 1. The topological polar surface area (TPSA) is 40.1 Å². The Morgan fingerprint density at radius 3 is 2.33 bits per heavy atom. The molecule has 0 amide bonds. The first-order valence-corrected chi connectivity index (χ1v) is 9.41. The maximum absolute atomic E-state index is 5.53. The van der Waals surface area contributed by atoms with Crippen LogP contribution < -0.4 is 5.32 Å². The molecule has 1 aliphatic heterocycles. The van der Waals surface area contributed by atoms with Crippen LogP contribution in [0.1, 0.15) is 46.5 Å². The van der Waals surface area contributed by atoms with E-state index in [4.69, 9.17) is 4.74 Å². The van der Waals surface area contributed by atoms with Gasteiger partial charge in [0.15, 0.2) is 5.96 Å². The number of nitrogens with zero attached hydrogens (tertiary/aromatic N) is 3. The lowest BCUT2D eigenvalue weighted by atomic mass is 9.92. The summed E-state index contributed by atoms with van der Waals surface area (Å²) < 4.78 is 5.53. The van der Waals surface area contributed by atoms with Gasteiger partial charge in [0.05, 0.1) is 13.2 Å². The molecule has 1 saturated heterocycles. The third kappa shape index (κ3) is 7.87. The van der Waals surface area contributed by atoms with Crippen molar-refractivity contribution in [3.63, 3.8) is 0 Å². The molecule has 5 nitrogen and oxygen atoms in total. The maximum atomic E-state index is 5.53. The maximum Gasteiger partial charge on any atom is 0.193 e. The number of guanidine groups is 1. The normalized spacial score (nSPS) is 17.5. The Labute approximate surface area is 166 Å². The summed E-state index contributed by atoms with van der Waals surface area (Å²) in [5.41, 5.74) is 0. The molecule has 1 unspecified atom stereocenters. The number of halogens is 1. The molecule has 0 aromatic rings. The highest BCUT2D eigenvalue weighted by molar-refractivity contribution is 14.0. The van der Waals surface area contributed by atoms with Crippen molar-refractivity contribution < 1.29 is 4.74 Å². The molecule has 0 spiro atoms. The molecule has 24 heavy (non-hydrogen) atoms. The van der Waals surface area contributed by atoms with Crippen LogP contribution in [0.15, 0.2) is 4.99 Å². The van der Waals surface area contributed by atoms with Gasteiger partial charge >= 0.3 is 0 Å². The summed E-state index contributed by atoms with van der Waals surface area (Å²) in [4.78, 5) is 9.30. The Morgan fingerprint density at radius 2 is 1.83 bits per heavy atom. The van der Waals surface area contributed by atoms with Gasteiger partial charge in [-0.2, -0.15) is 0 Å². The molecule has 1 fully saturated rings. The van der Waals surface area contributed by atoms with E-state index < -0.39 is 0 Å². The summed E-state index contributed by atoms with van der Waals surface area (Å²) in [6, 6.07) is 0.560. The molecular weight excluding hydrogens is 415 g/mol. The van der Waals surface area contributed by atoms with Gasteiger partial charge in [0.25, 0.3) is 0 Å². The summed E-state index contributed by atoms with van der Waals surface area (Å²) >= 11 is 0. The van der Waals surface area contributed by atoms with Crippen molar-refractivity contribution in [3.05, 3.63) is 0 Å². The van der Waals surface area contributed by atoms with E-state index in [0.29, 0.717) is 6.04 Å². The highest BCUT2D eigenvalue weighted by Gasteiger charge is 2.27. The predicted molar refractivity (Wildman–Crippen MR) is 115 cm³/mol. The lowest BCUT2D eigenvalue weighted by Crippen LogP contribution is -2.53. The second-order valence-corrected chi connectivity index (χ2v) is 6.50. The minimum Gasteiger partial charge on any atom is -0.379 e. The van der Waals surface area contributed by atoms with Crippen molar-refractivity contribution in [1.29, 1.82) is 0 Å². The third-order valence-corrected chi connectivity index (χ3v) is 5.00. The minimum atomic E-state index is 0. The fourth-order valence-corrected chi connectivity index (χ4v) is 3.42. The quantitative estimate of drug-likeness (QED) is 0.330. The molecule has 0 bridgehead atoms. The zero-order chi connectivity index (χ0) is 17.1. The van der Waals surface area contributed by atoms with Crippen LogP contribution in [0.3, 0.4) is 0 Å².